The summed E-state index contributed by atoms with van der Waals surface area (Å²) in [6.07, 6.45) is 1.46. The summed E-state index contributed by atoms with van der Waals surface area (Å²) in [4.78, 5) is 11.9. The van der Waals surface area contributed by atoms with E-state index in [2.05, 4.69) is 10.5 Å². The second kappa shape index (κ2) is 7.12. The van der Waals surface area contributed by atoms with Crippen LogP contribution in [0.15, 0.2) is 47.6 Å². The number of nitrogens with one attached hydrogen (secondary N) is 1. The lowest BCUT2D eigenvalue weighted by molar-refractivity contribution is 0.0955. The van der Waals surface area contributed by atoms with E-state index in [1.54, 1.807) is 36.4 Å². The maximum absolute atomic E-state index is 11.9. The summed E-state index contributed by atoms with van der Waals surface area (Å²) in [6, 6.07) is 11.4. The number of nitrogen functional groups attached to an aromatic ring is 1. The Morgan fingerprint density at radius 2 is 2.18 bits per heavy atom. The predicted molar refractivity (Wildman–Crippen MR) is 85.2 cm³/mol. The molecule has 0 aliphatic carbocycles. The fourth-order valence-electron chi connectivity index (χ4n) is 1.79. The molecule has 0 radical (unpaired) electrons. The Morgan fingerprint density at radius 1 is 1.36 bits per heavy atom. The molecule has 0 aliphatic heterocycles. The van der Waals surface area contributed by atoms with Gasteiger partial charge in [0.05, 0.1) is 12.8 Å². The summed E-state index contributed by atoms with van der Waals surface area (Å²) in [7, 11) is 0. The Kier molecular flexibility index (Phi) is 4.98. The smallest absolute Gasteiger partial charge is 0.271 e. The van der Waals surface area contributed by atoms with Crippen LogP contribution in [0.3, 0.4) is 0 Å². The fourth-order valence-corrected chi connectivity index (χ4v) is 1.79. The molecule has 2 aromatic carbocycles. The van der Waals surface area contributed by atoms with E-state index in [4.69, 9.17) is 10.5 Å². The van der Waals surface area contributed by atoms with Crippen LogP contribution in [0.2, 0.25) is 0 Å². The second-order valence-electron chi connectivity index (χ2n) is 4.48. The van der Waals surface area contributed by atoms with Crippen LogP contribution >= 0.6 is 0 Å². The SMILES string of the molecule is CCOc1cc(C=NNC(=O)c2cccc(N)c2)ccc1O. The van der Waals surface area contributed by atoms with Crippen molar-refractivity contribution in [2.45, 2.75) is 6.92 Å². The number of anilines is 1. The molecule has 0 saturated carbocycles. The third-order valence-corrected chi connectivity index (χ3v) is 2.81. The zero-order valence-electron chi connectivity index (χ0n) is 12.1. The third kappa shape index (κ3) is 3.99. The van der Waals surface area contributed by atoms with Gasteiger partial charge in [0.15, 0.2) is 11.5 Å². The number of rotatable bonds is 5. The summed E-state index contributed by atoms with van der Waals surface area (Å²) in [5.41, 5.74) is 9.66. The van der Waals surface area contributed by atoms with Gasteiger partial charge in [-0.2, -0.15) is 5.10 Å². The van der Waals surface area contributed by atoms with Gasteiger partial charge in [-0.15, -0.1) is 0 Å². The molecule has 6 nitrogen and oxygen atoms in total. The number of carbonyl (C=O) groups is 1. The first-order valence-corrected chi connectivity index (χ1v) is 6.75. The molecule has 0 spiro atoms. The van der Waals surface area contributed by atoms with E-state index in [9.17, 15) is 9.90 Å². The fraction of sp³-hybridized carbons (Fsp3) is 0.125. The van der Waals surface area contributed by atoms with Gasteiger partial charge in [-0.25, -0.2) is 5.43 Å². The third-order valence-electron chi connectivity index (χ3n) is 2.81. The van der Waals surface area contributed by atoms with Crippen LogP contribution in [0.4, 0.5) is 5.69 Å². The van der Waals surface area contributed by atoms with Crippen molar-refractivity contribution in [3.05, 3.63) is 53.6 Å². The van der Waals surface area contributed by atoms with Crippen LogP contribution in [-0.2, 0) is 0 Å². The molecule has 0 bridgehead atoms. The average molecular weight is 299 g/mol. The van der Waals surface area contributed by atoms with E-state index < -0.39 is 0 Å². The number of amides is 1. The maximum Gasteiger partial charge on any atom is 0.271 e. The Hall–Kier alpha value is -3.02. The number of hydrogen-bond donors (Lipinski definition) is 3. The minimum Gasteiger partial charge on any atom is -0.504 e. The highest BCUT2D eigenvalue weighted by molar-refractivity contribution is 5.95. The van der Waals surface area contributed by atoms with Crippen molar-refractivity contribution in [1.29, 1.82) is 0 Å². The van der Waals surface area contributed by atoms with E-state index in [0.29, 0.717) is 29.2 Å². The Balaban J connectivity index is 2.03. The number of ether oxygens (including phenoxy) is 1. The number of hydrogen-bond acceptors (Lipinski definition) is 5. The molecule has 0 saturated heterocycles. The number of benzene rings is 2. The molecule has 22 heavy (non-hydrogen) atoms. The molecule has 0 heterocycles. The van der Waals surface area contributed by atoms with Gasteiger partial charge in [-0.3, -0.25) is 4.79 Å². The van der Waals surface area contributed by atoms with Crippen LogP contribution in [0.5, 0.6) is 11.5 Å². The minimum absolute atomic E-state index is 0.0581. The number of hydrazone groups is 1. The van der Waals surface area contributed by atoms with Gasteiger partial charge < -0.3 is 15.6 Å². The van der Waals surface area contributed by atoms with Crippen LogP contribution in [0.1, 0.15) is 22.8 Å². The number of nitrogens with zero attached hydrogens (tertiary/aromatic N) is 1. The average Bonchev–Trinajstić information content (AvgIpc) is 2.50. The van der Waals surface area contributed by atoms with Crippen LogP contribution in [0, 0.1) is 0 Å². The van der Waals surface area contributed by atoms with Crippen LogP contribution in [0.25, 0.3) is 0 Å². The predicted octanol–water partition coefficient (Wildman–Crippen LogP) is 2.14. The van der Waals surface area contributed by atoms with Gasteiger partial charge in [-0.05, 0) is 48.9 Å². The summed E-state index contributed by atoms with van der Waals surface area (Å²) in [6.45, 7) is 2.27. The van der Waals surface area contributed by atoms with Gasteiger partial charge in [0.2, 0.25) is 0 Å². The monoisotopic (exact) mass is 299 g/mol. The van der Waals surface area contributed by atoms with Crippen molar-refractivity contribution in [3.63, 3.8) is 0 Å². The zero-order valence-corrected chi connectivity index (χ0v) is 12.1. The van der Waals surface area contributed by atoms with Gasteiger partial charge in [0.25, 0.3) is 5.91 Å². The van der Waals surface area contributed by atoms with Crippen molar-refractivity contribution in [1.82, 2.24) is 5.43 Å². The van der Waals surface area contributed by atoms with Gasteiger partial charge in [0, 0.05) is 11.3 Å². The zero-order chi connectivity index (χ0) is 15.9. The molecule has 0 unspecified atom stereocenters. The van der Waals surface area contributed by atoms with E-state index in [-0.39, 0.29) is 11.7 Å². The highest BCUT2D eigenvalue weighted by Gasteiger charge is 2.04. The number of phenols is 1. The Morgan fingerprint density at radius 3 is 2.91 bits per heavy atom. The van der Waals surface area contributed by atoms with Gasteiger partial charge in [-0.1, -0.05) is 6.07 Å². The van der Waals surface area contributed by atoms with E-state index in [1.165, 1.54) is 12.3 Å². The van der Waals surface area contributed by atoms with E-state index in [1.807, 2.05) is 6.92 Å². The van der Waals surface area contributed by atoms with Crippen LogP contribution in [-0.4, -0.2) is 23.8 Å². The standard InChI is InChI=1S/C16H17N3O3/c1-2-22-15-8-11(6-7-14(15)20)10-18-19-16(21)12-4-3-5-13(17)9-12/h3-10,20H,2,17H2,1H3,(H,19,21). The number of carbonyl (C=O) groups excluding carboxylic acids is 1. The lowest BCUT2D eigenvalue weighted by Crippen LogP contribution is -2.17. The highest BCUT2D eigenvalue weighted by atomic mass is 16.5. The molecular formula is C16H17N3O3. The highest BCUT2D eigenvalue weighted by Crippen LogP contribution is 2.26. The molecule has 4 N–H and O–H groups in total. The molecule has 1 amide bonds. The Bertz CT molecular complexity index is 699. The molecule has 0 aromatic heterocycles. The summed E-state index contributed by atoms with van der Waals surface area (Å²) in [5, 5.41) is 13.5. The largest absolute Gasteiger partial charge is 0.504 e. The topological polar surface area (TPSA) is 96.9 Å². The van der Waals surface area contributed by atoms with Crippen molar-refractivity contribution >= 4 is 17.8 Å². The Labute approximate surface area is 128 Å². The van der Waals surface area contributed by atoms with Crippen molar-refractivity contribution in [3.8, 4) is 11.5 Å². The maximum atomic E-state index is 11.9. The minimum atomic E-state index is -0.354. The van der Waals surface area contributed by atoms with E-state index in [0.717, 1.165) is 0 Å². The quantitative estimate of drug-likeness (QED) is 0.447. The van der Waals surface area contributed by atoms with Gasteiger partial charge in [0.1, 0.15) is 0 Å². The molecule has 0 fully saturated rings. The first-order valence-electron chi connectivity index (χ1n) is 6.75. The van der Waals surface area contributed by atoms with E-state index >= 15 is 0 Å². The van der Waals surface area contributed by atoms with Crippen molar-refractivity contribution in [2.24, 2.45) is 5.10 Å². The van der Waals surface area contributed by atoms with Crippen molar-refractivity contribution < 1.29 is 14.6 Å². The molecule has 2 aromatic rings. The first kappa shape index (κ1) is 15.4. The molecular weight excluding hydrogens is 282 g/mol. The second-order valence-corrected chi connectivity index (χ2v) is 4.48. The molecule has 114 valence electrons. The normalized spacial score (nSPS) is 10.6. The molecule has 0 atom stereocenters. The first-order chi connectivity index (χ1) is 10.6. The lowest BCUT2D eigenvalue weighted by atomic mass is 10.2. The lowest BCUT2D eigenvalue weighted by Gasteiger charge is -2.06. The number of phenolic OH excluding ortho intramolecular Hbond substituents is 1. The van der Waals surface area contributed by atoms with Crippen LogP contribution < -0.4 is 15.9 Å². The summed E-state index contributed by atoms with van der Waals surface area (Å²) >= 11 is 0. The van der Waals surface area contributed by atoms with Crippen molar-refractivity contribution in [2.75, 3.05) is 12.3 Å². The summed E-state index contributed by atoms with van der Waals surface area (Å²) < 4.78 is 5.27. The van der Waals surface area contributed by atoms with Gasteiger partial charge >= 0.3 is 0 Å². The molecule has 0 aliphatic rings. The number of nitrogens with two attached hydrogens (primary N) is 1. The molecule has 2 rings (SSSR count). The molecule has 6 heteroatoms. The number of aromatic hydroxyl groups is 1. The summed E-state index contributed by atoms with van der Waals surface area (Å²) in [5.74, 6) is 0.0729.